The first-order chi connectivity index (χ1) is 16.6. The maximum Gasteiger partial charge on any atom is 0.586 e. The maximum atomic E-state index is 15.2. The van der Waals surface area contributed by atoms with E-state index in [0.29, 0.717) is 24.3 Å². The van der Waals surface area contributed by atoms with Crippen LogP contribution in [0.1, 0.15) is 47.2 Å². The van der Waals surface area contributed by atoms with E-state index < -0.39 is 23.8 Å². The van der Waals surface area contributed by atoms with E-state index in [2.05, 4.69) is 40.9 Å². The highest BCUT2D eigenvalue weighted by Gasteiger charge is 2.43. The van der Waals surface area contributed by atoms with Crippen molar-refractivity contribution in [2.24, 2.45) is 0 Å². The molecule has 1 aliphatic rings. The van der Waals surface area contributed by atoms with Crippen LogP contribution in [0, 0.1) is 5.82 Å². The number of ether oxygens (including phenoxy) is 3. The first kappa shape index (κ1) is 25.5. The van der Waals surface area contributed by atoms with Gasteiger partial charge in [0.25, 0.3) is 0 Å². The number of hydrogen-bond acceptors (Lipinski definition) is 5. The number of nitrogens with one attached hydrogen (secondary N) is 2. The minimum atomic E-state index is -3.73. The second-order valence-electron chi connectivity index (χ2n) is 10.7. The van der Waals surface area contributed by atoms with Gasteiger partial charge < -0.3 is 29.4 Å². The fourth-order valence-electron chi connectivity index (χ4n) is 4.01. The van der Waals surface area contributed by atoms with Gasteiger partial charge in [0.15, 0.2) is 11.5 Å². The van der Waals surface area contributed by atoms with E-state index in [9.17, 15) is 13.6 Å². The summed E-state index contributed by atoms with van der Waals surface area (Å²) < 4.78 is 58.0. The fraction of sp³-hybridized carbons (Fsp3) is 0.423. The standard InChI is InChI=1S/C26H30F3N3O4/c1-24(2,3)22-12-15-11-18(31-16-7-8-20-21(13-16)35-26(28,29)34-20)17(27)14-19(15)32(22)10-9-30-23(33)36-25(4,5)6/h7-8,11-14,31H,9-10H2,1-6H3,(H,30,33). The van der Waals surface area contributed by atoms with Gasteiger partial charge >= 0.3 is 12.4 Å². The molecule has 7 nitrogen and oxygen atoms in total. The van der Waals surface area contributed by atoms with Crippen LogP contribution in [0.5, 0.6) is 11.5 Å². The van der Waals surface area contributed by atoms with E-state index in [0.717, 1.165) is 11.1 Å². The lowest BCUT2D eigenvalue weighted by molar-refractivity contribution is -0.286. The lowest BCUT2D eigenvalue weighted by Gasteiger charge is -2.23. The predicted octanol–water partition coefficient (Wildman–Crippen LogP) is 6.67. The maximum absolute atomic E-state index is 15.2. The van der Waals surface area contributed by atoms with E-state index in [-0.39, 0.29) is 22.6 Å². The van der Waals surface area contributed by atoms with Crippen LogP contribution in [0.15, 0.2) is 36.4 Å². The molecule has 0 spiro atoms. The van der Waals surface area contributed by atoms with Gasteiger partial charge in [0.2, 0.25) is 0 Å². The van der Waals surface area contributed by atoms with Crippen molar-refractivity contribution in [1.29, 1.82) is 0 Å². The molecule has 10 heteroatoms. The molecule has 0 fully saturated rings. The lowest BCUT2D eigenvalue weighted by atomic mass is 9.92. The number of fused-ring (bicyclic) bond motifs is 2. The molecule has 2 heterocycles. The number of nitrogens with zero attached hydrogens (tertiary/aromatic N) is 1. The third-order valence-electron chi connectivity index (χ3n) is 5.44. The summed E-state index contributed by atoms with van der Waals surface area (Å²) in [6, 6.07) is 9.22. The Morgan fingerprint density at radius 2 is 1.72 bits per heavy atom. The van der Waals surface area contributed by atoms with Crippen molar-refractivity contribution in [1.82, 2.24) is 9.88 Å². The molecule has 3 aromatic rings. The van der Waals surface area contributed by atoms with Crippen molar-refractivity contribution >= 4 is 28.4 Å². The number of anilines is 2. The molecular weight excluding hydrogens is 475 g/mol. The Bertz CT molecular complexity index is 1310. The van der Waals surface area contributed by atoms with Crippen molar-refractivity contribution < 1.29 is 32.2 Å². The van der Waals surface area contributed by atoms with Gasteiger partial charge in [-0.25, -0.2) is 9.18 Å². The SMILES string of the molecule is CC(C)(C)OC(=O)NCCn1c(C(C)(C)C)cc2cc(Nc3ccc4c(c3)OC(F)(F)O4)c(F)cc21. The zero-order valence-corrected chi connectivity index (χ0v) is 21.1. The third kappa shape index (κ3) is 5.63. The van der Waals surface area contributed by atoms with Gasteiger partial charge in [-0.15, -0.1) is 8.78 Å². The summed E-state index contributed by atoms with van der Waals surface area (Å²) in [5, 5.41) is 6.46. The normalized spacial score (nSPS) is 14.7. The van der Waals surface area contributed by atoms with Gasteiger partial charge in [-0.05, 0) is 45.0 Å². The second kappa shape index (κ2) is 8.83. The van der Waals surface area contributed by atoms with Crippen molar-refractivity contribution in [3.05, 3.63) is 47.9 Å². The van der Waals surface area contributed by atoms with Crippen LogP contribution in [0.2, 0.25) is 0 Å². The van der Waals surface area contributed by atoms with Crippen molar-refractivity contribution in [3.63, 3.8) is 0 Å². The highest BCUT2D eigenvalue weighted by Crippen LogP contribution is 2.43. The van der Waals surface area contributed by atoms with E-state index in [1.54, 1.807) is 26.8 Å². The monoisotopic (exact) mass is 505 g/mol. The van der Waals surface area contributed by atoms with Gasteiger partial charge in [0, 0.05) is 47.4 Å². The van der Waals surface area contributed by atoms with Gasteiger partial charge in [-0.3, -0.25) is 0 Å². The highest BCUT2D eigenvalue weighted by molar-refractivity contribution is 5.86. The first-order valence-corrected chi connectivity index (χ1v) is 11.6. The Labute approximate surface area is 207 Å². The molecule has 1 aromatic heterocycles. The molecular formula is C26H30F3N3O4. The number of halogens is 3. The smallest absolute Gasteiger partial charge is 0.444 e. The van der Waals surface area contributed by atoms with Crippen LogP contribution in [-0.4, -0.2) is 29.1 Å². The molecule has 4 rings (SSSR count). The van der Waals surface area contributed by atoms with Gasteiger partial charge in [0.05, 0.1) is 11.2 Å². The Balaban J connectivity index is 1.59. The minimum absolute atomic E-state index is 0.0895. The van der Waals surface area contributed by atoms with E-state index in [1.165, 1.54) is 24.3 Å². The molecule has 2 aromatic carbocycles. The highest BCUT2D eigenvalue weighted by atomic mass is 19.3. The first-order valence-electron chi connectivity index (χ1n) is 11.6. The molecule has 36 heavy (non-hydrogen) atoms. The summed E-state index contributed by atoms with van der Waals surface area (Å²) >= 11 is 0. The van der Waals surface area contributed by atoms with Crippen LogP contribution < -0.4 is 20.1 Å². The van der Waals surface area contributed by atoms with E-state index >= 15 is 4.39 Å². The lowest BCUT2D eigenvalue weighted by Crippen LogP contribution is -2.34. The van der Waals surface area contributed by atoms with Crippen molar-refractivity contribution in [3.8, 4) is 11.5 Å². The summed E-state index contributed by atoms with van der Waals surface area (Å²) in [5.41, 5.74) is 1.32. The minimum Gasteiger partial charge on any atom is -0.444 e. The number of aromatic nitrogens is 1. The number of rotatable bonds is 5. The average Bonchev–Trinajstić information content (AvgIpc) is 3.22. The van der Waals surface area contributed by atoms with Gasteiger partial charge in [-0.1, -0.05) is 20.8 Å². The topological polar surface area (TPSA) is 73.8 Å². The molecule has 1 aliphatic heterocycles. The summed E-state index contributed by atoms with van der Waals surface area (Å²) in [7, 11) is 0. The van der Waals surface area contributed by atoms with Crippen LogP contribution >= 0.6 is 0 Å². The zero-order valence-electron chi connectivity index (χ0n) is 21.1. The molecule has 0 atom stereocenters. The molecule has 0 saturated carbocycles. The third-order valence-corrected chi connectivity index (χ3v) is 5.44. The number of carbonyl (C=O) groups is 1. The quantitative estimate of drug-likeness (QED) is 0.405. The van der Waals surface area contributed by atoms with Gasteiger partial charge in [0.1, 0.15) is 11.4 Å². The number of benzene rings is 2. The summed E-state index contributed by atoms with van der Waals surface area (Å²) in [5.74, 6) is -0.746. The van der Waals surface area contributed by atoms with Crippen molar-refractivity contribution in [2.45, 2.75) is 65.4 Å². The molecule has 2 N–H and O–H groups in total. The molecule has 0 aliphatic carbocycles. The molecule has 194 valence electrons. The predicted molar refractivity (Wildman–Crippen MR) is 131 cm³/mol. The number of alkyl halides is 2. The number of carbonyl (C=O) groups excluding carboxylic acids is 1. The average molecular weight is 506 g/mol. The molecule has 0 saturated heterocycles. The van der Waals surface area contributed by atoms with Crippen LogP contribution in [0.3, 0.4) is 0 Å². The van der Waals surface area contributed by atoms with Crippen LogP contribution in [0.4, 0.5) is 29.3 Å². The summed E-state index contributed by atoms with van der Waals surface area (Å²) in [4.78, 5) is 12.0. The number of amides is 1. The number of hydrogen-bond donors (Lipinski definition) is 2. The van der Waals surface area contributed by atoms with Crippen LogP contribution in [0.25, 0.3) is 10.9 Å². The largest absolute Gasteiger partial charge is 0.586 e. The molecule has 0 radical (unpaired) electrons. The fourth-order valence-corrected chi connectivity index (χ4v) is 4.01. The Hall–Kier alpha value is -3.56. The Morgan fingerprint density at radius 3 is 2.39 bits per heavy atom. The zero-order chi connectivity index (χ0) is 26.5. The summed E-state index contributed by atoms with van der Waals surface area (Å²) in [6.45, 7) is 12.2. The Kier molecular flexibility index (Phi) is 6.26. The molecule has 1 amide bonds. The number of alkyl carbamates (subject to hydrolysis) is 1. The van der Waals surface area contributed by atoms with Gasteiger partial charge in [-0.2, -0.15) is 0 Å². The molecule has 0 bridgehead atoms. The van der Waals surface area contributed by atoms with Crippen molar-refractivity contribution in [2.75, 3.05) is 11.9 Å². The summed E-state index contributed by atoms with van der Waals surface area (Å²) in [6.07, 6.45) is -4.24. The van der Waals surface area contributed by atoms with E-state index in [4.69, 9.17) is 4.74 Å². The Morgan fingerprint density at radius 1 is 1.03 bits per heavy atom. The second-order valence-corrected chi connectivity index (χ2v) is 10.7. The van der Waals surface area contributed by atoms with Crippen LogP contribution in [-0.2, 0) is 16.7 Å². The molecule has 0 unspecified atom stereocenters. The van der Waals surface area contributed by atoms with E-state index in [1.807, 2.05) is 10.6 Å².